The molecule has 2 saturated heterocycles. The Balaban J connectivity index is 2.02. The third-order valence-electron chi connectivity index (χ3n) is 9.51. The van der Waals surface area contributed by atoms with Gasteiger partial charge >= 0.3 is 11.9 Å². The topological polar surface area (TPSA) is 202 Å². The number of unbranched alkanes of at least 4 members (excludes halogenated alkanes) is 16. The van der Waals surface area contributed by atoms with Gasteiger partial charge in [-0.1, -0.05) is 117 Å². The molecule has 0 saturated carbocycles. The monoisotopic (exact) mass is 706 g/mol. The second kappa shape index (κ2) is 24.7. The molecule has 0 aromatic carbocycles. The van der Waals surface area contributed by atoms with Crippen LogP contribution in [-0.2, 0) is 33.3 Å². The number of aliphatic hydroxyl groups is 6. The van der Waals surface area contributed by atoms with Gasteiger partial charge in [0.25, 0.3) is 0 Å². The van der Waals surface area contributed by atoms with Crippen LogP contribution in [-0.4, -0.2) is 117 Å². The van der Waals surface area contributed by atoms with Gasteiger partial charge in [0.2, 0.25) is 12.1 Å². The summed E-state index contributed by atoms with van der Waals surface area (Å²) in [7, 11) is 0. The van der Waals surface area contributed by atoms with Crippen molar-refractivity contribution >= 4 is 11.9 Å². The fourth-order valence-corrected chi connectivity index (χ4v) is 6.46. The Hall–Kier alpha value is -1.42. The van der Waals surface area contributed by atoms with Crippen LogP contribution in [0, 0.1) is 0 Å². The lowest BCUT2D eigenvalue weighted by atomic mass is 9.98. The first-order valence-electron chi connectivity index (χ1n) is 18.9. The van der Waals surface area contributed by atoms with Crippen molar-refractivity contribution in [2.45, 2.75) is 197 Å². The van der Waals surface area contributed by atoms with Crippen molar-refractivity contribution in [1.29, 1.82) is 0 Å². The summed E-state index contributed by atoms with van der Waals surface area (Å²) in [5.41, 5.74) is 0. The van der Waals surface area contributed by atoms with Crippen molar-refractivity contribution in [2.24, 2.45) is 0 Å². The molecule has 0 bridgehead atoms. The highest BCUT2D eigenvalue weighted by Crippen LogP contribution is 2.38. The van der Waals surface area contributed by atoms with Crippen LogP contribution in [0.25, 0.3) is 0 Å². The highest BCUT2D eigenvalue weighted by molar-refractivity contribution is 5.70. The number of carbonyl (C=O) groups excluding carboxylic acids is 2. The first kappa shape index (κ1) is 43.7. The summed E-state index contributed by atoms with van der Waals surface area (Å²) in [5.74, 6) is -3.65. The Bertz CT molecular complexity index is 891. The number of aliphatic hydroxyl groups excluding tert-OH is 6. The molecule has 2 aliphatic rings. The molecule has 2 fully saturated rings. The summed E-state index contributed by atoms with van der Waals surface area (Å²) in [6.07, 6.45) is 6.26. The molecular weight excluding hydrogens is 640 g/mol. The normalized spacial score (nSPS) is 30.0. The highest BCUT2D eigenvalue weighted by atomic mass is 16.8. The maximum Gasteiger partial charge on any atom is 0.306 e. The molecule has 0 aliphatic carbocycles. The molecule has 0 unspecified atom stereocenters. The molecular formula is C36H66O13. The quantitative estimate of drug-likeness (QED) is 0.0536. The fraction of sp³-hybridized carbons (Fsp3) is 0.944. The van der Waals surface area contributed by atoms with E-state index in [0.717, 1.165) is 51.4 Å². The van der Waals surface area contributed by atoms with Gasteiger partial charge in [-0.15, -0.1) is 0 Å². The molecule has 6 N–H and O–H groups in total. The molecule has 2 aliphatic heterocycles. The zero-order valence-corrected chi connectivity index (χ0v) is 29.9. The van der Waals surface area contributed by atoms with E-state index in [1.54, 1.807) is 0 Å². The third-order valence-corrected chi connectivity index (χ3v) is 9.51. The minimum atomic E-state index is -2.30. The SMILES string of the molecule is CCCCCCCCCCCC(=O)O[C@H]1[C@@H](O[C@]2(CO)O[C@H](CO)[C@@H](O)[C@@H]2OC(=O)CCCCCCCCCCC)O[C@H](CO)[C@@H](O)[C@@H]1O. The summed E-state index contributed by atoms with van der Waals surface area (Å²) in [6.45, 7) is 1.93. The van der Waals surface area contributed by atoms with Crippen LogP contribution >= 0.6 is 0 Å². The third kappa shape index (κ3) is 14.6. The first-order valence-corrected chi connectivity index (χ1v) is 18.9. The van der Waals surface area contributed by atoms with Gasteiger partial charge < -0.3 is 54.3 Å². The van der Waals surface area contributed by atoms with Gasteiger partial charge in [0, 0.05) is 12.8 Å². The predicted octanol–water partition coefficient (Wildman–Crippen LogP) is 3.55. The zero-order valence-electron chi connectivity index (χ0n) is 29.9. The maximum atomic E-state index is 12.9. The van der Waals surface area contributed by atoms with E-state index >= 15 is 0 Å². The summed E-state index contributed by atoms with van der Waals surface area (Å²) in [4.78, 5) is 25.7. The van der Waals surface area contributed by atoms with Gasteiger partial charge in [0.15, 0.2) is 12.2 Å². The van der Waals surface area contributed by atoms with Gasteiger partial charge in [0.1, 0.15) is 37.1 Å². The van der Waals surface area contributed by atoms with Gasteiger partial charge in [-0.2, -0.15) is 0 Å². The summed E-state index contributed by atoms with van der Waals surface area (Å²) in [5, 5.41) is 62.5. The number of ether oxygens (including phenoxy) is 5. The molecule has 13 heteroatoms. The van der Waals surface area contributed by atoms with E-state index in [-0.39, 0.29) is 12.8 Å². The second-order valence-electron chi connectivity index (χ2n) is 13.6. The average molecular weight is 707 g/mol. The van der Waals surface area contributed by atoms with Crippen molar-refractivity contribution < 1.29 is 63.9 Å². The molecule has 49 heavy (non-hydrogen) atoms. The van der Waals surface area contributed by atoms with E-state index < -0.39 is 86.6 Å². The second-order valence-corrected chi connectivity index (χ2v) is 13.6. The Morgan fingerprint density at radius 3 is 1.49 bits per heavy atom. The Kier molecular flexibility index (Phi) is 22.1. The van der Waals surface area contributed by atoms with Crippen LogP contribution < -0.4 is 0 Å². The number of esters is 2. The average Bonchev–Trinajstić information content (AvgIpc) is 3.36. The molecule has 2 rings (SSSR count). The lowest BCUT2D eigenvalue weighted by Crippen LogP contribution is -2.64. The first-order chi connectivity index (χ1) is 23.7. The fourth-order valence-electron chi connectivity index (χ4n) is 6.46. The van der Waals surface area contributed by atoms with E-state index in [1.807, 2.05) is 0 Å². The van der Waals surface area contributed by atoms with Crippen LogP contribution in [0.1, 0.15) is 142 Å². The molecule has 0 amide bonds. The smallest absolute Gasteiger partial charge is 0.306 e. The van der Waals surface area contributed by atoms with Crippen LogP contribution in [0.3, 0.4) is 0 Å². The van der Waals surface area contributed by atoms with Crippen LogP contribution in [0.4, 0.5) is 0 Å². The van der Waals surface area contributed by atoms with E-state index in [2.05, 4.69) is 13.8 Å². The molecule has 0 aromatic rings. The Morgan fingerprint density at radius 1 is 0.592 bits per heavy atom. The van der Waals surface area contributed by atoms with Gasteiger partial charge in [-0.25, -0.2) is 0 Å². The minimum absolute atomic E-state index is 0.0390. The molecule has 13 nitrogen and oxygen atoms in total. The van der Waals surface area contributed by atoms with E-state index in [1.165, 1.54) is 51.4 Å². The predicted molar refractivity (Wildman–Crippen MR) is 180 cm³/mol. The zero-order chi connectivity index (χ0) is 36.1. The molecule has 0 spiro atoms. The van der Waals surface area contributed by atoms with E-state index in [9.17, 15) is 40.2 Å². The summed E-state index contributed by atoms with van der Waals surface area (Å²) >= 11 is 0. The Labute approximate surface area is 292 Å². The number of carbonyl (C=O) groups is 2. The lowest BCUT2D eigenvalue weighted by Gasteiger charge is -2.44. The molecule has 288 valence electrons. The number of hydrogen-bond acceptors (Lipinski definition) is 13. The van der Waals surface area contributed by atoms with Crippen molar-refractivity contribution in [3.8, 4) is 0 Å². The standard InChI is InChI=1S/C36H66O13/c1-3-5-7-9-11-13-15-17-19-21-28(40)46-33-32(44)30(42)26(23-37)45-35(33)49-36(25-39)34(31(43)27(24-38)48-36)47-29(41)22-20-18-16-14-12-10-8-6-4-2/h26-27,30-35,37-39,42-44H,3-25H2,1-2H3/t26-,27-,30-,31-,32+,33-,34+,35-,36+/m1/s1. The van der Waals surface area contributed by atoms with Gasteiger partial charge in [-0.05, 0) is 12.8 Å². The van der Waals surface area contributed by atoms with Crippen molar-refractivity contribution in [3.63, 3.8) is 0 Å². The molecule has 0 aromatic heterocycles. The maximum absolute atomic E-state index is 12.9. The molecule has 0 radical (unpaired) electrons. The Morgan fingerprint density at radius 2 is 1.04 bits per heavy atom. The van der Waals surface area contributed by atoms with Crippen molar-refractivity contribution in [3.05, 3.63) is 0 Å². The van der Waals surface area contributed by atoms with Crippen molar-refractivity contribution in [2.75, 3.05) is 19.8 Å². The largest absolute Gasteiger partial charge is 0.454 e. The molecule has 9 atom stereocenters. The van der Waals surface area contributed by atoms with Gasteiger partial charge in [0.05, 0.1) is 13.2 Å². The number of rotatable bonds is 27. The van der Waals surface area contributed by atoms with Crippen LogP contribution in [0.15, 0.2) is 0 Å². The van der Waals surface area contributed by atoms with E-state index in [4.69, 9.17) is 23.7 Å². The lowest BCUT2D eigenvalue weighted by molar-refractivity contribution is -0.384. The minimum Gasteiger partial charge on any atom is -0.454 e. The van der Waals surface area contributed by atoms with Crippen molar-refractivity contribution in [1.82, 2.24) is 0 Å². The van der Waals surface area contributed by atoms with Gasteiger partial charge in [-0.3, -0.25) is 9.59 Å². The number of hydrogen-bond donors (Lipinski definition) is 6. The highest BCUT2D eigenvalue weighted by Gasteiger charge is 2.61. The summed E-state index contributed by atoms with van der Waals surface area (Å²) in [6, 6.07) is 0. The van der Waals surface area contributed by atoms with Crippen LogP contribution in [0.5, 0.6) is 0 Å². The van der Waals surface area contributed by atoms with Crippen LogP contribution in [0.2, 0.25) is 0 Å². The summed E-state index contributed by atoms with van der Waals surface area (Å²) < 4.78 is 28.4. The molecule has 2 heterocycles. The van der Waals surface area contributed by atoms with E-state index in [0.29, 0.717) is 12.8 Å².